The SMILES string of the molecule is Cc1[nH]c(=O)[nH]c(=O)c1CCc1nnc(SCC(=O)C(C)(C)C)o1. The van der Waals surface area contributed by atoms with E-state index in [9.17, 15) is 14.4 Å². The first-order valence-electron chi connectivity index (χ1n) is 7.47. The fourth-order valence-electron chi connectivity index (χ4n) is 1.90. The smallest absolute Gasteiger partial charge is 0.325 e. The molecule has 0 saturated carbocycles. The monoisotopic (exact) mass is 352 g/mol. The first-order chi connectivity index (χ1) is 11.2. The first kappa shape index (κ1) is 18.2. The van der Waals surface area contributed by atoms with E-state index in [0.717, 1.165) is 0 Å². The molecule has 9 heteroatoms. The lowest BCUT2D eigenvalue weighted by molar-refractivity contribution is -0.123. The Morgan fingerprint density at radius 1 is 1.17 bits per heavy atom. The van der Waals surface area contributed by atoms with Gasteiger partial charge in [-0.25, -0.2) is 4.79 Å². The van der Waals surface area contributed by atoms with E-state index in [1.54, 1.807) is 6.92 Å². The quantitative estimate of drug-likeness (QED) is 0.750. The molecule has 0 aliphatic carbocycles. The van der Waals surface area contributed by atoms with Crippen molar-refractivity contribution in [1.82, 2.24) is 20.2 Å². The highest BCUT2D eigenvalue weighted by Gasteiger charge is 2.22. The Balaban J connectivity index is 1.96. The second-order valence-electron chi connectivity index (χ2n) is 6.44. The maximum absolute atomic E-state index is 11.9. The van der Waals surface area contributed by atoms with E-state index in [2.05, 4.69) is 20.2 Å². The molecule has 24 heavy (non-hydrogen) atoms. The molecule has 2 N–H and O–H groups in total. The van der Waals surface area contributed by atoms with Crippen LogP contribution in [-0.4, -0.2) is 31.7 Å². The minimum Gasteiger partial charge on any atom is -0.416 e. The molecule has 0 spiro atoms. The van der Waals surface area contributed by atoms with Gasteiger partial charge in [0, 0.05) is 23.1 Å². The second kappa shape index (κ2) is 7.16. The number of aryl methyl sites for hydroxylation is 2. The van der Waals surface area contributed by atoms with Gasteiger partial charge >= 0.3 is 5.69 Å². The molecule has 0 amide bonds. The Morgan fingerprint density at radius 3 is 2.50 bits per heavy atom. The van der Waals surface area contributed by atoms with Crippen molar-refractivity contribution in [1.29, 1.82) is 0 Å². The minimum absolute atomic E-state index is 0.0997. The Bertz CT molecular complexity index is 844. The predicted molar refractivity (Wildman–Crippen MR) is 89.3 cm³/mol. The van der Waals surface area contributed by atoms with Gasteiger partial charge < -0.3 is 9.40 Å². The van der Waals surface area contributed by atoms with Gasteiger partial charge in [0.25, 0.3) is 10.8 Å². The molecule has 0 aromatic carbocycles. The molecule has 2 aromatic heterocycles. The number of aromatic amines is 2. The van der Waals surface area contributed by atoms with Crippen LogP contribution < -0.4 is 11.2 Å². The number of hydrogen-bond acceptors (Lipinski definition) is 7. The highest BCUT2D eigenvalue weighted by Crippen LogP contribution is 2.22. The average Bonchev–Trinajstić information content (AvgIpc) is 2.90. The summed E-state index contributed by atoms with van der Waals surface area (Å²) in [7, 11) is 0. The van der Waals surface area contributed by atoms with E-state index in [0.29, 0.717) is 35.2 Å². The molecule has 8 nitrogen and oxygen atoms in total. The lowest BCUT2D eigenvalue weighted by atomic mass is 9.92. The van der Waals surface area contributed by atoms with Gasteiger partial charge in [-0.1, -0.05) is 32.5 Å². The number of carbonyl (C=O) groups is 1. The van der Waals surface area contributed by atoms with E-state index in [1.807, 2.05) is 20.8 Å². The topological polar surface area (TPSA) is 122 Å². The molecule has 0 fully saturated rings. The Hall–Kier alpha value is -2.16. The van der Waals surface area contributed by atoms with Crippen molar-refractivity contribution in [3.63, 3.8) is 0 Å². The molecule has 130 valence electrons. The fourth-order valence-corrected chi connectivity index (χ4v) is 2.84. The van der Waals surface area contributed by atoms with Gasteiger partial charge in [0.2, 0.25) is 5.89 Å². The van der Waals surface area contributed by atoms with Crippen LogP contribution in [0.15, 0.2) is 19.2 Å². The number of nitrogens with one attached hydrogen (secondary N) is 2. The summed E-state index contributed by atoms with van der Waals surface area (Å²) < 4.78 is 5.48. The van der Waals surface area contributed by atoms with Crippen LogP contribution in [0.1, 0.15) is 37.9 Å². The summed E-state index contributed by atoms with van der Waals surface area (Å²) in [4.78, 5) is 39.6. The van der Waals surface area contributed by atoms with Gasteiger partial charge in [0.1, 0.15) is 5.78 Å². The summed E-state index contributed by atoms with van der Waals surface area (Å²) in [5, 5.41) is 8.14. The van der Waals surface area contributed by atoms with E-state index in [4.69, 9.17) is 4.42 Å². The summed E-state index contributed by atoms with van der Waals surface area (Å²) >= 11 is 1.20. The second-order valence-corrected chi connectivity index (χ2v) is 7.36. The van der Waals surface area contributed by atoms with Gasteiger partial charge in [-0.15, -0.1) is 10.2 Å². The molecule has 0 aliphatic heterocycles. The van der Waals surface area contributed by atoms with Gasteiger partial charge in [0.05, 0.1) is 5.75 Å². The van der Waals surface area contributed by atoms with Crippen LogP contribution >= 0.6 is 11.8 Å². The van der Waals surface area contributed by atoms with Gasteiger partial charge in [-0.3, -0.25) is 14.6 Å². The summed E-state index contributed by atoms with van der Waals surface area (Å²) in [6, 6.07) is 0. The summed E-state index contributed by atoms with van der Waals surface area (Å²) in [6.07, 6.45) is 0.738. The fraction of sp³-hybridized carbons (Fsp3) is 0.533. The lowest BCUT2D eigenvalue weighted by Crippen LogP contribution is -2.27. The van der Waals surface area contributed by atoms with Crippen molar-refractivity contribution in [2.45, 2.75) is 45.8 Å². The van der Waals surface area contributed by atoms with Crippen LogP contribution in [0.2, 0.25) is 0 Å². The molecule has 0 radical (unpaired) electrons. The summed E-state index contributed by atoms with van der Waals surface area (Å²) in [5.74, 6) is 0.748. The molecular weight excluding hydrogens is 332 g/mol. The molecular formula is C15H20N4O4S. The van der Waals surface area contributed by atoms with Crippen molar-refractivity contribution < 1.29 is 9.21 Å². The maximum atomic E-state index is 11.9. The first-order valence-corrected chi connectivity index (χ1v) is 8.46. The molecule has 0 bridgehead atoms. The van der Waals surface area contributed by atoms with Crippen molar-refractivity contribution in [3.05, 3.63) is 38.0 Å². The zero-order valence-corrected chi connectivity index (χ0v) is 14.9. The molecule has 0 aliphatic rings. The average molecular weight is 352 g/mol. The number of H-pyrrole nitrogens is 2. The van der Waals surface area contributed by atoms with Crippen molar-refractivity contribution in [3.8, 4) is 0 Å². The number of nitrogens with zero attached hydrogens (tertiary/aromatic N) is 2. The zero-order chi connectivity index (χ0) is 17.9. The number of thioether (sulfide) groups is 1. The third-order valence-electron chi connectivity index (χ3n) is 3.46. The minimum atomic E-state index is -0.527. The van der Waals surface area contributed by atoms with E-state index in [-0.39, 0.29) is 11.5 Å². The van der Waals surface area contributed by atoms with Crippen LogP contribution in [0.4, 0.5) is 0 Å². The Morgan fingerprint density at radius 2 is 1.88 bits per heavy atom. The normalized spacial score (nSPS) is 11.7. The highest BCUT2D eigenvalue weighted by molar-refractivity contribution is 7.99. The summed E-state index contributed by atoms with van der Waals surface area (Å²) in [6.45, 7) is 7.25. The third-order valence-corrected chi connectivity index (χ3v) is 4.27. The number of ketones is 1. The van der Waals surface area contributed by atoms with Crippen molar-refractivity contribution >= 4 is 17.5 Å². The predicted octanol–water partition coefficient (Wildman–Crippen LogP) is 1.25. The van der Waals surface area contributed by atoms with E-state index in [1.165, 1.54) is 11.8 Å². The largest absolute Gasteiger partial charge is 0.416 e. The summed E-state index contributed by atoms with van der Waals surface area (Å²) in [5.41, 5.74) is -0.348. The van der Waals surface area contributed by atoms with Gasteiger partial charge in [-0.2, -0.15) is 0 Å². The highest BCUT2D eigenvalue weighted by atomic mass is 32.2. The van der Waals surface area contributed by atoms with Gasteiger partial charge in [-0.05, 0) is 13.3 Å². The number of hydrogen-bond donors (Lipinski definition) is 2. The van der Waals surface area contributed by atoms with Crippen LogP contribution in [0.5, 0.6) is 0 Å². The van der Waals surface area contributed by atoms with Crippen LogP contribution in [-0.2, 0) is 17.6 Å². The maximum Gasteiger partial charge on any atom is 0.325 e. The van der Waals surface area contributed by atoms with Crippen LogP contribution in [0, 0.1) is 12.3 Å². The van der Waals surface area contributed by atoms with Crippen molar-refractivity contribution in [2.24, 2.45) is 5.41 Å². The Labute approximate surface area is 142 Å². The molecule has 2 rings (SSSR count). The molecule has 2 aromatic rings. The third kappa shape index (κ3) is 4.67. The molecule has 2 heterocycles. The zero-order valence-electron chi connectivity index (χ0n) is 14.1. The number of aromatic nitrogens is 4. The molecule has 0 atom stereocenters. The van der Waals surface area contributed by atoms with E-state index < -0.39 is 16.7 Å². The number of Topliss-reactive ketones (excluding diaryl/α,β-unsaturated/α-hetero) is 1. The number of carbonyl (C=O) groups excluding carboxylic acids is 1. The van der Waals surface area contributed by atoms with Gasteiger partial charge in [0.15, 0.2) is 0 Å². The lowest BCUT2D eigenvalue weighted by Gasteiger charge is -2.14. The molecule has 0 unspecified atom stereocenters. The van der Waals surface area contributed by atoms with Crippen LogP contribution in [0.3, 0.4) is 0 Å². The number of rotatable bonds is 6. The molecule has 0 saturated heterocycles. The standard InChI is InChI=1S/C15H20N4O4S/c1-8-9(12(21)17-13(22)16-8)5-6-11-18-19-14(23-11)24-7-10(20)15(2,3)4/h5-7H2,1-4H3,(H2,16,17,21,22). The Kier molecular flexibility index (Phi) is 5.43. The van der Waals surface area contributed by atoms with E-state index >= 15 is 0 Å². The van der Waals surface area contributed by atoms with Crippen LogP contribution in [0.25, 0.3) is 0 Å². The van der Waals surface area contributed by atoms with Crippen molar-refractivity contribution in [2.75, 3.05) is 5.75 Å².